The molecular weight excluding hydrogens is 272 g/mol. The number of hydrogen-bond donors (Lipinski definition) is 0. The van der Waals surface area contributed by atoms with Crippen LogP contribution in [-0.4, -0.2) is 13.1 Å². The number of unbranched alkanes of at least 4 members (excludes halogenated alkanes) is 5. The Morgan fingerprint density at radius 2 is 1.59 bits per heavy atom. The Balaban J connectivity index is 3.27. The Morgan fingerprint density at radius 3 is 2.27 bits per heavy atom. The largest absolute Gasteiger partial charge is 0.469 e. The second kappa shape index (κ2) is 16.3. The van der Waals surface area contributed by atoms with Gasteiger partial charge in [-0.25, -0.2) is 0 Å². The van der Waals surface area contributed by atoms with Gasteiger partial charge < -0.3 is 4.74 Å². The number of carbonyl (C=O) groups excluding carboxylic acids is 1. The fourth-order valence-corrected chi connectivity index (χ4v) is 2.26. The SMILES string of the molecule is CCC(C)CCC=CCC=CCCCCCCCC(=O)OC. The van der Waals surface area contributed by atoms with Gasteiger partial charge in [0.25, 0.3) is 0 Å². The summed E-state index contributed by atoms with van der Waals surface area (Å²) in [4.78, 5) is 10.9. The molecule has 0 N–H and O–H groups in total. The van der Waals surface area contributed by atoms with Gasteiger partial charge in [0.15, 0.2) is 0 Å². The summed E-state index contributed by atoms with van der Waals surface area (Å²) in [5, 5.41) is 0. The summed E-state index contributed by atoms with van der Waals surface area (Å²) in [5.74, 6) is 0.771. The number of ether oxygens (including phenoxy) is 1. The van der Waals surface area contributed by atoms with Gasteiger partial charge in [-0.2, -0.15) is 0 Å². The minimum atomic E-state index is -0.0832. The highest BCUT2D eigenvalue weighted by Crippen LogP contribution is 2.10. The molecule has 0 aliphatic rings. The Bertz CT molecular complexity index is 305. The van der Waals surface area contributed by atoms with Gasteiger partial charge in [-0.1, -0.05) is 63.8 Å². The van der Waals surface area contributed by atoms with E-state index in [0.29, 0.717) is 6.42 Å². The summed E-state index contributed by atoms with van der Waals surface area (Å²) < 4.78 is 4.62. The minimum absolute atomic E-state index is 0.0832. The maximum atomic E-state index is 10.9. The third-order valence-electron chi connectivity index (χ3n) is 4.11. The number of hydrogen-bond acceptors (Lipinski definition) is 2. The molecule has 0 radical (unpaired) electrons. The van der Waals surface area contributed by atoms with Gasteiger partial charge in [0.1, 0.15) is 0 Å². The van der Waals surface area contributed by atoms with Crippen LogP contribution in [0.25, 0.3) is 0 Å². The second-order valence-corrected chi connectivity index (χ2v) is 6.15. The van der Waals surface area contributed by atoms with Crippen LogP contribution in [0.1, 0.15) is 84.5 Å². The molecule has 1 atom stereocenters. The monoisotopic (exact) mass is 308 g/mol. The van der Waals surface area contributed by atoms with E-state index in [4.69, 9.17) is 0 Å². The van der Waals surface area contributed by atoms with Crippen molar-refractivity contribution in [3.63, 3.8) is 0 Å². The highest BCUT2D eigenvalue weighted by molar-refractivity contribution is 5.68. The molecule has 0 aromatic heterocycles. The predicted molar refractivity (Wildman–Crippen MR) is 95.9 cm³/mol. The van der Waals surface area contributed by atoms with E-state index in [-0.39, 0.29) is 5.97 Å². The molecule has 0 heterocycles. The summed E-state index contributed by atoms with van der Waals surface area (Å²) in [6.07, 6.45) is 21.6. The molecule has 0 aromatic rings. The molecule has 0 fully saturated rings. The van der Waals surface area contributed by atoms with Crippen LogP contribution in [0, 0.1) is 5.92 Å². The van der Waals surface area contributed by atoms with E-state index in [0.717, 1.165) is 25.2 Å². The summed E-state index contributed by atoms with van der Waals surface area (Å²) in [6.45, 7) is 4.58. The molecule has 0 saturated carbocycles. The van der Waals surface area contributed by atoms with Crippen LogP contribution in [-0.2, 0) is 9.53 Å². The van der Waals surface area contributed by atoms with Gasteiger partial charge in [0.2, 0.25) is 0 Å². The van der Waals surface area contributed by atoms with E-state index in [1.54, 1.807) is 0 Å². The van der Waals surface area contributed by atoms with Crippen LogP contribution in [0.15, 0.2) is 24.3 Å². The first-order valence-corrected chi connectivity index (χ1v) is 9.07. The summed E-state index contributed by atoms with van der Waals surface area (Å²) >= 11 is 0. The molecule has 128 valence electrons. The van der Waals surface area contributed by atoms with E-state index >= 15 is 0 Å². The average molecular weight is 309 g/mol. The van der Waals surface area contributed by atoms with Crippen molar-refractivity contribution in [2.24, 2.45) is 5.92 Å². The van der Waals surface area contributed by atoms with Gasteiger partial charge in [-0.05, 0) is 44.4 Å². The molecule has 0 aliphatic heterocycles. The Hall–Kier alpha value is -1.05. The maximum absolute atomic E-state index is 10.9. The lowest BCUT2D eigenvalue weighted by Crippen LogP contribution is -1.98. The van der Waals surface area contributed by atoms with Gasteiger partial charge >= 0.3 is 5.97 Å². The first-order valence-electron chi connectivity index (χ1n) is 9.07. The Labute approximate surface area is 138 Å². The summed E-state index contributed by atoms with van der Waals surface area (Å²) in [6, 6.07) is 0. The predicted octanol–water partition coefficient (Wildman–Crippen LogP) is 6.22. The van der Waals surface area contributed by atoms with Crippen molar-refractivity contribution < 1.29 is 9.53 Å². The highest BCUT2D eigenvalue weighted by atomic mass is 16.5. The smallest absolute Gasteiger partial charge is 0.305 e. The molecule has 0 bridgehead atoms. The lowest BCUT2D eigenvalue weighted by Gasteiger charge is -2.03. The van der Waals surface area contributed by atoms with E-state index < -0.39 is 0 Å². The topological polar surface area (TPSA) is 26.3 Å². The molecule has 0 spiro atoms. The minimum Gasteiger partial charge on any atom is -0.469 e. The van der Waals surface area contributed by atoms with Crippen molar-refractivity contribution in [1.29, 1.82) is 0 Å². The van der Waals surface area contributed by atoms with Crippen LogP contribution >= 0.6 is 0 Å². The quantitative estimate of drug-likeness (QED) is 0.216. The van der Waals surface area contributed by atoms with Crippen molar-refractivity contribution >= 4 is 5.97 Å². The fourth-order valence-electron chi connectivity index (χ4n) is 2.26. The summed E-state index contributed by atoms with van der Waals surface area (Å²) in [7, 11) is 1.45. The molecule has 2 heteroatoms. The fraction of sp³-hybridized carbons (Fsp3) is 0.750. The Kier molecular flexibility index (Phi) is 15.5. The first kappa shape index (κ1) is 20.9. The number of rotatable bonds is 14. The lowest BCUT2D eigenvalue weighted by molar-refractivity contribution is -0.140. The van der Waals surface area contributed by atoms with Crippen molar-refractivity contribution in [2.45, 2.75) is 84.5 Å². The third-order valence-corrected chi connectivity index (χ3v) is 4.11. The van der Waals surface area contributed by atoms with Gasteiger partial charge in [-0.15, -0.1) is 0 Å². The molecule has 0 aromatic carbocycles. The standard InChI is InChI=1S/C20H36O2/c1-4-19(2)17-15-13-11-9-7-5-6-8-10-12-14-16-18-20(21)22-3/h5,7,11,13,19H,4,6,8-10,12,14-18H2,1-3H3. The van der Waals surface area contributed by atoms with E-state index in [9.17, 15) is 4.79 Å². The number of allylic oxidation sites excluding steroid dienone is 4. The number of methoxy groups -OCH3 is 1. The van der Waals surface area contributed by atoms with E-state index in [2.05, 4.69) is 42.9 Å². The highest BCUT2D eigenvalue weighted by Gasteiger charge is 1.98. The zero-order valence-electron chi connectivity index (χ0n) is 15.0. The molecule has 0 rings (SSSR count). The normalized spacial score (nSPS) is 13.0. The maximum Gasteiger partial charge on any atom is 0.305 e. The third kappa shape index (κ3) is 15.3. The average Bonchev–Trinajstić information content (AvgIpc) is 2.54. The van der Waals surface area contributed by atoms with Crippen molar-refractivity contribution in [1.82, 2.24) is 0 Å². The zero-order chi connectivity index (χ0) is 16.5. The second-order valence-electron chi connectivity index (χ2n) is 6.15. The molecule has 0 aliphatic carbocycles. The van der Waals surface area contributed by atoms with E-state index in [1.165, 1.54) is 52.1 Å². The van der Waals surface area contributed by atoms with Gasteiger partial charge in [0.05, 0.1) is 7.11 Å². The summed E-state index contributed by atoms with van der Waals surface area (Å²) in [5.41, 5.74) is 0. The van der Waals surface area contributed by atoms with E-state index in [1.807, 2.05) is 0 Å². The first-order chi connectivity index (χ1) is 10.7. The number of carbonyl (C=O) groups is 1. The van der Waals surface area contributed by atoms with Crippen LogP contribution in [0.2, 0.25) is 0 Å². The van der Waals surface area contributed by atoms with Crippen molar-refractivity contribution in [3.8, 4) is 0 Å². The van der Waals surface area contributed by atoms with Crippen molar-refractivity contribution in [3.05, 3.63) is 24.3 Å². The van der Waals surface area contributed by atoms with Crippen LogP contribution in [0.3, 0.4) is 0 Å². The molecule has 0 amide bonds. The van der Waals surface area contributed by atoms with Crippen molar-refractivity contribution in [2.75, 3.05) is 7.11 Å². The van der Waals surface area contributed by atoms with Crippen LogP contribution < -0.4 is 0 Å². The lowest BCUT2D eigenvalue weighted by atomic mass is 10.0. The van der Waals surface area contributed by atoms with Gasteiger partial charge in [0, 0.05) is 6.42 Å². The Morgan fingerprint density at radius 1 is 0.955 bits per heavy atom. The zero-order valence-corrected chi connectivity index (χ0v) is 15.0. The molecule has 1 unspecified atom stereocenters. The number of esters is 1. The molecule has 2 nitrogen and oxygen atoms in total. The molecular formula is C20H36O2. The van der Waals surface area contributed by atoms with Crippen LogP contribution in [0.5, 0.6) is 0 Å². The molecule has 22 heavy (non-hydrogen) atoms. The van der Waals surface area contributed by atoms with Gasteiger partial charge in [-0.3, -0.25) is 4.79 Å². The molecule has 0 saturated heterocycles. The van der Waals surface area contributed by atoms with Crippen LogP contribution in [0.4, 0.5) is 0 Å².